The number of nitrogens with two attached hydrogens (primary N) is 1. The van der Waals surface area contributed by atoms with Crippen molar-refractivity contribution >= 4 is 73.2 Å². The summed E-state index contributed by atoms with van der Waals surface area (Å²) in [5, 5.41) is 10.8. The average molecular weight is 1100 g/mol. The fourth-order valence-electron chi connectivity index (χ4n) is 14.7. The van der Waals surface area contributed by atoms with Gasteiger partial charge >= 0.3 is 12.0 Å². The fraction of sp³-hybridized carbons (Fsp3) is 0.475. The first kappa shape index (κ1) is 50.4. The number of aryl methyl sites for hydroxylation is 2. The number of likely N-dealkylation sites (tertiary alicyclic amines) is 1. The quantitative estimate of drug-likeness (QED) is 0.113. The van der Waals surface area contributed by atoms with Crippen molar-refractivity contribution in [3.8, 4) is 34.4 Å². The van der Waals surface area contributed by atoms with E-state index in [1.165, 1.54) is 0 Å². The molecule has 0 radical (unpaired) electrons. The first-order chi connectivity index (χ1) is 37.7. The van der Waals surface area contributed by atoms with Gasteiger partial charge in [0, 0.05) is 92.2 Å². The molecule has 4 aromatic carbocycles. The Morgan fingerprint density at radius 3 is 2.01 bits per heavy atom. The maximum absolute atomic E-state index is 17.9. The minimum Gasteiger partial charge on any atom is -0.462 e. The van der Waals surface area contributed by atoms with Crippen LogP contribution in [0.4, 0.5) is 30.6 Å². The fourth-order valence-corrected chi connectivity index (χ4v) is 15.3. The molecular formula is C59H63Cl2F3N12O2. The highest BCUT2D eigenvalue weighted by Crippen LogP contribution is 2.47. The summed E-state index contributed by atoms with van der Waals surface area (Å²) >= 11 is 14.2. The number of alkyl halides is 1. The number of hydrogen-bond acceptors (Lipinski definition) is 14. The van der Waals surface area contributed by atoms with E-state index in [0.717, 1.165) is 85.5 Å². The third kappa shape index (κ3) is 8.73. The van der Waals surface area contributed by atoms with Crippen molar-refractivity contribution in [3.63, 3.8) is 0 Å². The van der Waals surface area contributed by atoms with Gasteiger partial charge in [0.1, 0.15) is 47.9 Å². The molecule has 78 heavy (non-hydrogen) atoms. The van der Waals surface area contributed by atoms with Crippen LogP contribution in [0.15, 0.2) is 54.6 Å². The SMILES string of the molecule is Cc1cc(N)nc(-c2c(Cl)cc3c(N4CC5CCC(C4)N5)nc(OC[C@@H]4CC(c5ccc(-c6c(Cl)cc7c(N8CC9CCC(C8)N9)nc(OC[C@@]89CCCN8C[C@H](F)C9)nc7c6F)c6c(C)cccc56)CN4C)nc3c2F)c1. The number of aromatic nitrogens is 5. The molecule has 7 aliphatic heterocycles. The third-order valence-corrected chi connectivity index (χ3v) is 18.9. The summed E-state index contributed by atoms with van der Waals surface area (Å²) in [5.41, 5.74) is 10.3. The first-order valence-electron chi connectivity index (χ1n) is 27.8. The van der Waals surface area contributed by atoms with Crippen LogP contribution in [-0.4, -0.2) is 143 Å². The molecule has 3 aromatic heterocycles. The van der Waals surface area contributed by atoms with Crippen molar-refractivity contribution in [1.29, 1.82) is 0 Å². The summed E-state index contributed by atoms with van der Waals surface area (Å²) < 4.78 is 62.9. The van der Waals surface area contributed by atoms with E-state index in [9.17, 15) is 4.39 Å². The number of benzene rings is 4. The lowest BCUT2D eigenvalue weighted by Crippen LogP contribution is -2.51. The van der Waals surface area contributed by atoms with Crippen molar-refractivity contribution in [3.05, 3.63) is 93.0 Å². The zero-order valence-corrected chi connectivity index (χ0v) is 45.6. The summed E-state index contributed by atoms with van der Waals surface area (Å²) in [7, 11) is 2.09. The Bertz CT molecular complexity index is 3530. The second-order valence-electron chi connectivity index (χ2n) is 23.5. The molecule has 406 valence electrons. The molecule has 14 nitrogen and oxygen atoms in total. The Hall–Kier alpha value is -5.82. The number of anilines is 3. The average Bonchev–Trinajstić information content (AvgIpc) is 4.33. The Balaban J connectivity index is 0.781. The van der Waals surface area contributed by atoms with Crippen molar-refractivity contribution < 1.29 is 22.6 Å². The number of pyridine rings is 1. The third-order valence-electron chi connectivity index (χ3n) is 18.3. The molecular weight excluding hydrogens is 1040 g/mol. The molecule has 0 saturated carbocycles. The van der Waals surface area contributed by atoms with Gasteiger partial charge in [-0.3, -0.25) is 9.80 Å². The lowest BCUT2D eigenvalue weighted by atomic mass is 9.86. The molecule has 4 bridgehead atoms. The van der Waals surface area contributed by atoms with E-state index >= 15 is 8.78 Å². The number of piperazine rings is 2. The van der Waals surface area contributed by atoms with Crippen LogP contribution in [0.2, 0.25) is 10.0 Å². The molecule has 0 aliphatic carbocycles. The van der Waals surface area contributed by atoms with Gasteiger partial charge in [0.25, 0.3) is 0 Å². The zero-order valence-electron chi connectivity index (χ0n) is 44.1. The van der Waals surface area contributed by atoms with Gasteiger partial charge < -0.3 is 35.6 Å². The molecule has 10 heterocycles. The molecule has 7 aliphatic rings. The molecule has 0 spiro atoms. The van der Waals surface area contributed by atoms with E-state index < -0.39 is 23.3 Å². The predicted molar refractivity (Wildman–Crippen MR) is 301 cm³/mol. The number of hydrogen-bond donors (Lipinski definition) is 3. The van der Waals surface area contributed by atoms with Gasteiger partial charge in [0.05, 0.1) is 26.8 Å². The van der Waals surface area contributed by atoms with Crippen LogP contribution < -0.4 is 35.6 Å². The summed E-state index contributed by atoms with van der Waals surface area (Å²) in [6.07, 6.45) is 6.30. The van der Waals surface area contributed by atoms with E-state index in [1.807, 2.05) is 25.1 Å². The van der Waals surface area contributed by atoms with Crippen LogP contribution in [0.3, 0.4) is 0 Å². The lowest BCUT2D eigenvalue weighted by molar-refractivity contribution is 0.107. The van der Waals surface area contributed by atoms with Gasteiger partial charge in [-0.05, 0) is 136 Å². The standard InChI is InChI=1S/C59H63Cl2F3N12O2/c1-30-16-46(68-47(65)17-30)50-45(61)20-43-54(52(50)64)69-57(71-55(43)74-24-34-8-9-35(25-74)66-34)77-28-38-18-32(22-73(38)3)39-12-13-41(48-31(2)6-4-7-40(39)48)49-44(60)19-42-53(51(49)63)70-58(72-56(42)75-26-36-10-11-37(27-75)67-36)78-29-59-14-5-15-76(59)23-33(62)21-59/h4,6-7,12-13,16-17,19-20,32-38,66-67H,5,8-11,14-15,18,21-29H2,1-3H3,(H2,65,68)/t32?,33-,34?,35?,36?,37?,38+,59+/m1/s1. The molecule has 7 aromatic rings. The first-order valence-corrected chi connectivity index (χ1v) is 28.5. The maximum atomic E-state index is 17.9. The molecule has 0 amide bonds. The van der Waals surface area contributed by atoms with E-state index in [0.29, 0.717) is 97.0 Å². The Labute approximate surface area is 461 Å². The maximum Gasteiger partial charge on any atom is 0.319 e. The number of ether oxygens (including phenoxy) is 2. The van der Waals surface area contributed by atoms with E-state index in [-0.39, 0.29) is 75.2 Å². The highest BCUT2D eigenvalue weighted by molar-refractivity contribution is 6.35. The topological polar surface area (TPSA) is 146 Å². The highest BCUT2D eigenvalue weighted by atomic mass is 35.5. The molecule has 7 saturated heterocycles. The van der Waals surface area contributed by atoms with Crippen molar-refractivity contribution in [1.82, 2.24) is 45.4 Å². The van der Waals surface area contributed by atoms with Crippen LogP contribution in [0, 0.1) is 25.5 Å². The van der Waals surface area contributed by atoms with Crippen LogP contribution in [0.1, 0.15) is 74.0 Å². The normalized spacial score (nSPS) is 27.1. The van der Waals surface area contributed by atoms with Gasteiger partial charge in [0.2, 0.25) is 0 Å². The largest absolute Gasteiger partial charge is 0.462 e. The Morgan fingerprint density at radius 1 is 0.731 bits per heavy atom. The number of fused-ring (bicyclic) bond motifs is 8. The van der Waals surface area contributed by atoms with Gasteiger partial charge in [-0.1, -0.05) is 53.5 Å². The Morgan fingerprint density at radius 2 is 1.36 bits per heavy atom. The van der Waals surface area contributed by atoms with E-state index in [4.69, 9.17) is 58.3 Å². The van der Waals surface area contributed by atoms with Gasteiger partial charge in [-0.15, -0.1) is 0 Å². The van der Waals surface area contributed by atoms with E-state index in [1.54, 1.807) is 18.2 Å². The number of nitrogens with zero attached hydrogens (tertiary/aromatic N) is 9. The molecule has 4 N–H and O–H groups in total. The van der Waals surface area contributed by atoms with Crippen molar-refractivity contribution in [2.24, 2.45) is 0 Å². The minimum atomic E-state index is -0.910. The number of rotatable bonds is 11. The van der Waals surface area contributed by atoms with Crippen molar-refractivity contribution in [2.75, 3.05) is 81.6 Å². The monoisotopic (exact) mass is 1100 g/mol. The van der Waals surface area contributed by atoms with Crippen LogP contribution in [-0.2, 0) is 0 Å². The number of nitrogens with one attached hydrogen (secondary N) is 2. The molecule has 5 unspecified atom stereocenters. The zero-order chi connectivity index (χ0) is 53.3. The van der Waals surface area contributed by atoms with Crippen LogP contribution in [0.25, 0.3) is 55.0 Å². The highest BCUT2D eigenvalue weighted by Gasteiger charge is 2.50. The molecule has 19 heteroatoms. The molecule has 7 fully saturated rings. The smallest absolute Gasteiger partial charge is 0.319 e. The predicted octanol–water partition coefficient (Wildman–Crippen LogP) is 9.94. The van der Waals surface area contributed by atoms with Gasteiger partial charge in [-0.25, -0.2) is 18.2 Å². The Kier molecular flexibility index (Phi) is 12.6. The summed E-state index contributed by atoms with van der Waals surface area (Å²) in [5.74, 6) is 0.396. The second-order valence-corrected chi connectivity index (χ2v) is 24.3. The number of nitrogen functional groups attached to an aromatic ring is 1. The lowest BCUT2D eigenvalue weighted by Gasteiger charge is -2.34. The van der Waals surface area contributed by atoms with E-state index in [2.05, 4.69) is 67.4 Å². The summed E-state index contributed by atoms with van der Waals surface area (Å²) in [6, 6.07) is 18.7. The van der Waals surface area contributed by atoms with Crippen LogP contribution >= 0.6 is 23.2 Å². The number of likely N-dealkylation sites (N-methyl/N-ethyl adjacent to an activating group) is 1. The van der Waals surface area contributed by atoms with Crippen LogP contribution in [0.5, 0.6) is 12.0 Å². The summed E-state index contributed by atoms with van der Waals surface area (Å²) in [4.78, 5) is 33.0. The number of halogens is 5. The second kappa shape index (κ2) is 19.5. The van der Waals surface area contributed by atoms with Crippen molar-refractivity contribution in [2.45, 2.75) is 113 Å². The summed E-state index contributed by atoms with van der Waals surface area (Å²) in [6.45, 7) is 9.25. The van der Waals surface area contributed by atoms with Gasteiger partial charge in [-0.2, -0.15) is 19.9 Å². The minimum absolute atomic E-state index is 0.0376. The molecule has 8 atom stereocenters. The molecule has 14 rings (SSSR count). The van der Waals surface area contributed by atoms with Gasteiger partial charge in [0.15, 0.2) is 11.6 Å².